The molecule has 0 aromatic heterocycles. The van der Waals surface area contributed by atoms with Crippen LogP contribution >= 0.6 is 0 Å². The fourth-order valence-corrected chi connectivity index (χ4v) is 1.74. The van der Waals surface area contributed by atoms with Crippen LogP contribution in [0.3, 0.4) is 0 Å². The molecule has 1 aliphatic rings. The number of aliphatic hydroxyl groups excluding tert-OH is 1. The summed E-state index contributed by atoms with van der Waals surface area (Å²) in [6, 6.07) is 0.556. The molecular formula is C12H24N2O3. The largest absolute Gasteiger partial charge is 0.444 e. The maximum absolute atomic E-state index is 11.4. The van der Waals surface area contributed by atoms with Gasteiger partial charge in [0.25, 0.3) is 0 Å². The summed E-state index contributed by atoms with van der Waals surface area (Å²) in [5.74, 6) is 0. The Morgan fingerprint density at radius 2 is 2.06 bits per heavy atom. The standard InChI is InChI=1S/C12H24N2O3/c1-8(14-9-5-10(15)6-9)7-13-11(16)17-12(2,3)4/h8-10,14-15H,5-7H2,1-4H3,(H,13,16). The molecule has 1 atom stereocenters. The maximum atomic E-state index is 11.4. The Morgan fingerprint density at radius 1 is 1.47 bits per heavy atom. The summed E-state index contributed by atoms with van der Waals surface area (Å²) in [6.07, 6.45) is 1.06. The minimum atomic E-state index is -0.459. The van der Waals surface area contributed by atoms with E-state index in [1.165, 1.54) is 0 Å². The summed E-state index contributed by atoms with van der Waals surface area (Å²) < 4.78 is 5.13. The number of amides is 1. The van der Waals surface area contributed by atoms with E-state index in [1.807, 2.05) is 27.7 Å². The molecule has 0 aliphatic heterocycles. The number of nitrogens with one attached hydrogen (secondary N) is 2. The molecule has 5 nitrogen and oxygen atoms in total. The topological polar surface area (TPSA) is 70.6 Å². The number of hydrogen-bond donors (Lipinski definition) is 3. The van der Waals surface area contributed by atoms with E-state index >= 15 is 0 Å². The first kappa shape index (κ1) is 14.3. The molecule has 17 heavy (non-hydrogen) atoms. The lowest BCUT2D eigenvalue weighted by molar-refractivity contribution is 0.0488. The molecular weight excluding hydrogens is 220 g/mol. The van der Waals surface area contributed by atoms with E-state index in [9.17, 15) is 4.79 Å². The SMILES string of the molecule is CC(CNC(=O)OC(C)(C)C)NC1CC(O)C1. The first-order valence-corrected chi connectivity index (χ1v) is 6.17. The first-order valence-electron chi connectivity index (χ1n) is 6.17. The third kappa shape index (κ3) is 5.89. The van der Waals surface area contributed by atoms with Crippen molar-refractivity contribution in [1.82, 2.24) is 10.6 Å². The second kappa shape index (κ2) is 5.69. The molecule has 3 N–H and O–H groups in total. The van der Waals surface area contributed by atoms with Gasteiger partial charge in [0.05, 0.1) is 6.10 Å². The van der Waals surface area contributed by atoms with Crippen molar-refractivity contribution in [2.24, 2.45) is 0 Å². The van der Waals surface area contributed by atoms with Crippen LogP contribution in [0.2, 0.25) is 0 Å². The minimum Gasteiger partial charge on any atom is -0.444 e. The lowest BCUT2D eigenvalue weighted by atomic mass is 9.89. The number of carbonyl (C=O) groups excluding carboxylic acids is 1. The molecule has 0 aromatic rings. The average Bonchev–Trinajstić information content (AvgIpc) is 2.09. The van der Waals surface area contributed by atoms with Gasteiger partial charge in [-0.25, -0.2) is 4.79 Å². The van der Waals surface area contributed by atoms with Gasteiger partial charge in [-0.15, -0.1) is 0 Å². The zero-order valence-electron chi connectivity index (χ0n) is 11.1. The van der Waals surface area contributed by atoms with Crippen LogP contribution in [0.25, 0.3) is 0 Å². The number of carbonyl (C=O) groups is 1. The molecule has 1 amide bonds. The van der Waals surface area contributed by atoms with E-state index in [1.54, 1.807) is 0 Å². The van der Waals surface area contributed by atoms with Crippen LogP contribution in [0.4, 0.5) is 4.79 Å². The fourth-order valence-electron chi connectivity index (χ4n) is 1.74. The first-order chi connectivity index (χ1) is 7.76. The van der Waals surface area contributed by atoms with Gasteiger partial charge in [0, 0.05) is 18.6 Å². The average molecular weight is 244 g/mol. The zero-order chi connectivity index (χ0) is 13.1. The third-order valence-electron chi connectivity index (χ3n) is 2.58. The second-order valence-electron chi connectivity index (χ2n) is 5.77. The summed E-state index contributed by atoms with van der Waals surface area (Å²) in [5, 5.41) is 15.2. The highest BCUT2D eigenvalue weighted by molar-refractivity contribution is 5.67. The van der Waals surface area contributed by atoms with E-state index in [0.29, 0.717) is 12.6 Å². The predicted octanol–water partition coefficient (Wildman–Crippen LogP) is 1.01. The van der Waals surface area contributed by atoms with Crippen LogP contribution in [0.5, 0.6) is 0 Å². The predicted molar refractivity (Wildman–Crippen MR) is 65.9 cm³/mol. The van der Waals surface area contributed by atoms with Gasteiger partial charge in [0.2, 0.25) is 0 Å². The molecule has 0 heterocycles. The van der Waals surface area contributed by atoms with E-state index in [0.717, 1.165) is 12.8 Å². The molecule has 1 unspecified atom stereocenters. The number of ether oxygens (including phenoxy) is 1. The quantitative estimate of drug-likeness (QED) is 0.690. The van der Waals surface area contributed by atoms with Crippen molar-refractivity contribution in [2.45, 2.75) is 64.3 Å². The maximum Gasteiger partial charge on any atom is 0.407 e. The van der Waals surface area contributed by atoms with Gasteiger partial charge >= 0.3 is 6.09 Å². The van der Waals surface area contributed by atoms with Gasteiger partial charge in [-0.3, -0.25) is 0 Å². The molecule has 0 radical (unpaired) electrons. The van der Waals surface area contributed by atoms with Crippen LogP contribution in [0.1, 0.15) is 40.5 Å². The van der Waals surface area contributed by atoms with Crippen LogP contribution in [0.15, 0.2) is 0 Å². The monoisotopic (exact) mass is 244 g/mol. The molecule has 1 rings (SSSR count). The summed E-state index contributed by atoms with van der Waals surface area (Å²) in [5.41, 5.74) is -0.459. The van der Waals surface area contributed by atoms with Crippen LogP contribution in [-0.4, -0.2) is 41.5 Å². The number of aliphatic hydroxyl groups is 1. The Labute approximate surface area is 103 Å². The lowest BCUT2D eigenvalue weighted by Crippen LogP contribution is -2.51. The van der Waals surface area contributed by atoms with Crippen LogP contribution in [0, 0.1) is 0 Å². The third-order valence-corrected chi connectivity index (χ3v) is 2.58. The Morgan fingerprint density at radius 3 is 2.53 bits per heavy atom. The molecule has 1 saturated carbocycles. The van der Waals surface area contributed by atoms with E-state index in [2.05, 4.69) is 10.6 Å². The highest BCUT2D eigenvalue weighted by Crippen LogP contribution is 2.19. The van der Waals surface area contributed by atoms with Crippen molar-refractivity contribution in [3.05, 3.63) is 0 Å². The highest BCUT2D eigenvalue weighted by atomic mass is 16.6. The number of hydrogen-bond acceptors (Lipinski definition) is 4. The van der Waals surface area contributed by atoms with Gasteiger partial charge < -0.3 is 20.5 Å². The molecule has 0 bridgehead atoms. The van der Waals surface area contributed by atoms with Gasteiger partial charge in [0.1, 0.15) is 5.60 Å². The van der Waals surface area contributed by atoms with Crippen molar-refractivity contribution in [1.29, 1.82) is 0 Å². The van der Waals surface area contributed by atoms with Crippen molar-refractivity contribution >= 4 is 6.09 Å². The van der Waals surface area contributed by atoms with E-state index in [-0.39, 0.29) is 18.2 Å². The van der Waals surface area contributed by atoms with Crippen LogP contribution < -0.4 is 10.6 Å². The van der Waals surface area contributed by atoms with Crippen molar-refractivity contribution < 1.29 is 14.6 Å². The van der Waals surface area contributed by atoms with Crippen molar-refractivity contribution in [2.75, 3.05) is 6.54 Å². The molecule has 1 aliphatic carbocycles. The molecule has 5 heteroatoms. The molecule has 100 valence electrons. The summed E-state index contributed by atoms with van der Waals surface area (Å²) in [6.45, 7) is 8.04. The Hall–Kier alpha value is -0.810. The smallest absolute Gasteiger partial charge is 0.407 e. The lowest BCUT2D eigenvalue weighted by Gasteiger charge is -2.34. The number of rotatable bonds is 4. The minimum absolute atomic E-state index is 0.154. The van der Waals surface area contributed by atoms with Crippen LogP contribution in [-0.2, 0) is 4.74 Å². The fraction of sp³-hybridized carbons (Fsp3) is 0.917. The summed E-state index contributed by atoms with van der Waals surface area (Å²) in [7, 11) is 0. The van der Waals surface area contributed by atoms with Gasteiger partial charge in [-0.2, -0.15) is 0 Å². The molecule has 1 fully saturated rings. The van der Waals surface area contributed by atoms with E-state index in [4.69, 9.17) is 9.84 Å². The highest BCUT2D eigenvalue weighted by Gasteiger charge is 2.27. The Kier molecular flexibility index (Phi) is 4.77. The van der Waals surface area contributed by atoms with E-state index < -0.39 is 5.60 Å². The van der Waals surface area contributed by atoms with Gasteiger partial charge in [0.15, 0.2) is 0 Å². The Bertz CT molecular complexity index is 257. The molecule has 0 spiro atoms. The zero-order valence-corrected chi connectivity index (χ0v) is 11.1. The van der Waals surface area contributed by atoms with Gasteiger partial charge in [-0.05, 0) is 40.5 Å². The summed E-state index contributed by atoms with van der Waals surface area (Å²) in [4.78, 5) is 11.4. The molecule has 0 saturated heterocycles. The normalized spacial score (nSPS) is 25.9. The second-order valence-corrected chi connectivity index (χ2v) is 5.77. The Balaban J connectivity index is 2.11. The van der Waals surface area contributed by atoms with Crippen molar-refractivity contribution in [3.63, 3.8) is 0 Å². The summed E-state index contributed by atoms with van der Waals surface area (Å²) >= 11 is 0. The molecule has 0 aromatic carbocycles. The number of alkyl carbamates (subject to hydrolysis) is 1. The van der Waals surface area contributed by atoms with Crippen molar-refractivity contribution in [3.8, 4) is 0 Å². The van der Waals surface area contributed by atoms with Gasteiger partial charge in [-0.1, -0.05) is 0 Å².